The average Bonchev–Trinajstić information content (AvgIpc) is 2.29. The zero-order valence-corrected chi connectivity index (χ0v) is 8.93. The highest BCUT2D eigenvalue weighted by Crippen LogP contribution is 2.19. The van der Waals surface area contributed by atoms with Crippen LogP contribution in [0.4, 0.5) is 5.69 Å². The first-order valence-electron chi connectivity index (χ1n) is 5.04. The Bertz CT molecular complexity index is 538. The van der Waals surface area contributed by atoms with Gasteiger partial charge in [-0.3, -0.25) is 0 Å². The number of pyridine rings is 1. The van der Waals surface area contributed by atoms with Gasteiger partial charge >= 0.3 is 5.97 Å². The van der Waals surface area contributed by atoms with Crippen molar-refractivity contribution >= 4 is 22.6 Å². The van der Waals surface area contributed by atoms with Crippen LogP contribution in [-0.2, 0) is 4.74 Å². The Labute approximate surface area is 93.0 Å². The van der Waals surface area contributed by atoms with Gasteiger partial charge < -0.3 is 10.5 Å². The van der Waals surface area contributed by atoms with Gasteiger partial charge in [-0.1, -0.05) is 6.07 Å². The van der Waals surface area contributed by atoms with Gasteiger partial charge in [0.2, 0.25) is 0 Å². The number of nitrogens with zero attached hydrogens (tertiary/aromatic N) is 1. The van der Waals surface area contributed by atoms with Crippen molar-refractivity contribution in [3.8, 4) is 0 Å². The lowest BCUT2D eigenvalue weighted by atomic mass is 10.1. The molecular weight excluding hydrogens is 204 g/mol. The first-order valence-corrected chi connectivity index (χ1v) is 5.04. The zero-order chi connectivity index (χ0) is 11.5. The van der Waals surface area contributed by atoms with E-state index in [1.54, 1.807) is 31.2 Å². The molecule has 0 unspecified atom stereocenters. The van der Waals surface area contributed by atoms with Crippen molar-refractivity contribution in [2.75, 3.05) is 12.3 Å². The number of fused-ring (bicyclic) bond motifs is 1. The summed E-state index contributed by atoms with van der Waals surface area (Å²) >= 11 is 0. The molecular formula is C12H12N2O2. The molecule has 16 heavy (non-hydrogen) atoms. The number of aromatic nitrogens is 1. The summed E-state index contributed by atoms with van der Waals surface area (Å²) in [5, 5.41) is 0.843. The minimum atomic E-state index is -0.410. The Balaban J connectivity index is 2.48. The number of carbonyl (C=O) groups is 1. The van der Waals surface area contributed by atoms with Gasteiger partial charge in [-0.2, -0.15) is 0 Å². The maximum Gasteiger partial charge on any atom is 0.356 e. The summed E-state index contributed by atoms with van der Waals surface area (Å²) in [6.07, 6.45) is 0. The minimum Gasteiger partial charge on any atom is -0.461 e. The van der Waals surface area contributed by atoms with Crippen molar-refractivity contribution in [1.82, 2.24) is 4.98 Å². The lowest BCUT2D eigenvalue weighted by Gasteiger charge is -2.04. The normalized spacial score (nSPS) is 10.3. The van der Waals surface area contributed by atoms with Gasteiger partial charge in [0.15, 0.2) is 0 Å². The molecule has 2 rings (SSSR count). The Kier molecular flexibility index (Phi) is 2.72. The fourth-order valence-electron chi connectivity index (χ4n) is 1.50. The third-order valence-corrected chi connectivity index (χ3v) is 2.25. The van der Waals surface area contributed by atoms with E-state index in [-0.39, 0.29) is 0 Å². The molecule has 0 aliphatic rings. The summed E-state index contributed by atoms with van der Waals surface area (Å²) in [5.41, 5.74) is 7.44. The molecule has 1 heterocycles. The summed E-state index contributed by atoms with van der Waals surface area (Å²) in [6.45, 7) is 2.10. The lowest BCUT2D eigenvalue weighted by molar-refractivity contribution is 0.0520. The van der Waals surface area contributed by atoms with Crippen molar-refractivity contribution < 1.29 is 9.53 Å². The van der Waals surface area contributed by atoms with Crippen LogP contribution in [0, 0.1) is 0 Å². The van der Waals surface area contributed by atoms with E-state index in [2.05, 4.69) is 4.98 Å². The Hall–Kier alpha value is -2.10. The van der Waals surface area contributed by atoms with Crippen LogP contribution in [0.3, 0.4) is 0 Å². The Morgan fingerprint density at radius 3 is 2.94 bits per heavy atom. The van der Waals surface area contributed by atoms with E-state index >= 15 is 0 Å². The molecule has 0 aliphatic carbocycles. The molecule has 1 aromatic heterocycles. The molecule has 0 aliphatic heterocycles. The number of nitrogens with two attached hydrogens (primary N) is 1. The van der Waals surface area contributed by atoms with Crippen LogP contribution in [0.15, 0.2) is 30.3 Å². The first kappa shape index (κ1) is 10.4. The van der Waals surface area contributed by atoms with Gasteiger partial charge in [0.05, 0.1) is 12.1 Å². The molecule has 0 radical (unpaired) electrons. The van der Waals surface area contributed by atoms with Crippen molar-refractivity contribution in [2.24, 2.45) is 0 Å². The fourth-order valence-corrected chi connectivity index (χ4v) is 1.50. The topological polar surface area (TPSA) is 65.2 Å². The molecule has 0 saturated heterocycles. The number of hydrogen-bond acceptors (Lipinski definition) is 4. The molecule has 0 atom stereocenters. The molecule has 0 spiro atoms. The number of ether oxygens (including phenoxy) is 1. The predicted octanol–water partition coefficient (Wildman–Crippen LogP) is 1.99. The number of hydrogen-bond donors (Lipinski definition) is 1. The molecule has 82 valence electrons. The molecule has 0 amide bonds. The second-order valence-corrected chi connectivity index (χ2v) is 3.33. The number of anilines is 1. The van der Waals surface area contributed by atoms with Crippen LogP contribution in [0.2, 0.25) is 0 Å². The number of rotatable bonds is 2. The van der Waals surface area contributed by atoms with E-state index in [0.29, 0.717) is 23.5 Å². The summed E-state index contributed by atoms with van der Waals surface area (Å²) in [5.74, 6) is -0.410. The monoisotopic (exact) mass is 216 g/mol. The highest BCUT2D eigenvalue weighted by atomic mass is 16.5. The second kappa shape index (κ2) is 4.18. The highest BCUT2D eigenvalue weighted by Gasteiger charge is 2.09. The maximum atomic E-state index is 11.5. The van der Waals surface area contributed by atoms with Gasteiger partial charge in [0.1, 0.15) is 5.69 Å². The summed E-state index contributed by atoms with van der Waals surface area (Å²) in [4.78, 5) is 15.7. The van der Waals surface area contributed by atoms with Gasteiger partial charge in [0.25, 0.3) is 0 Å². The zero-order valence-electron chi connectivity index (χ0n) is 8.93. The molecule has 1 aromatic carbocycles. The van der Waals surface area contributed by atoms with Crippen molar-refractivity contribution in [3.63, 3.8) is 0 Å². The third-order valence-electron chi connectivity index (χ3n) is 2.25. The summed E-state index contributed by atoms with van der Waals surface area (Å²) in [6, 6.07) is 8.82. The minimum absolute atomic E-state index is 0.306. The van der Waals surface area contributed by atoms with E-state index < -0.39 is 5.97 Å². The van der Waals surface area contributed by atoms with E-state index in [1.807, 2.05) is 6.07 Å². The number of carbonyl (C=O) groups excluding carboxylic acids is 1. The molecule has 0 bridgehead atoms. The molecule has 4 heteroatoms. The smallest absolute Gasteiger partial charge is 0.356 e. The molecule has 2 N–H and O–H groups in total. The van der Waals surface area contributed by atoms with Crippen LogP contribution in [0.25, 0.3) is 10.9 Å². The van der Waals surface area contributed by atoms with E-state index in [9.17, 15) is 4.79 Å². The fraction of sp³-hybridized carbons (Fsp3) is 0.167. The quantitative estimate of drug-likeness (QED) is 0.616. The molecule has 0 saturated carbocycles. The third kappa shape index (κ3) is 1.82. The second-order valence-electron chi connectivity index (χ2n) is 3.33. The Morgan fingerprint density at radius 1 is 1.38 bits per heavy atom. The van der Waals surface area contributed by atoms with E-state index in [4.69, 9.17) is 10.5 Å². The number of esters is 1. The predicted molar refractivity (Wildman–Crippen MR) is 62.1 cm³/mol. The van der Waals surface area contributed by atoms with E-state index in [0.717, 1.165) is 5.39 Å². The van der Waals surface area contributed by atoms with Crippen LogP contribution >= 0.6 is 0 Å². The molecule has 4 nitrogen and oxygen atoms in total. The van der Waals surface area contributed by atoms with Crippen molar-refractivity contribution in [1.29, 1.82) is 0 Å². The van der Waals surface area contributed by atoms with Crippen LogP contribution in [0.5, 0.6) is 0 Å². The van der Waals surface area contributed by atoms with E-state index in [1.165, 1.54) is 0 Å². The highest BCUT2D eigenvalue weighted by molar-refractivity contribution is 5.95. The summed E-state index contributed by atoms with van der Waals surface area (Å²) < 4.78 is 4.87. The molecule has 2 aromatic rings. The lowest BCUT2D eigenvalue weighted by Crippen LogP contribution is -2.07. The summed E-state index contributed by atoms with van der Waals surface area (Å²) in [7, 11) is 0. The van der Waals surface area contributed by atoms with Crippen LogP contribution < -0.4 is 5.73 Å². The van der Waals surface area contributed by atoms with Gasteiger partial charge in [0, 0.05) is 11.1 Å². The Morgan fingerprint density at radius 2 is 2.19 bits per heavy atom. The van der Waals surface area contributed by atoms with Gasteiger partial charge in [-0.25, -0.2) is 9.78 Å². The maximum absolute atomic E-state index is 11.5. The number of benzene rings is 1. The average molecular weight is 216 g/mol. The largest absolute Gasteiger partial charge is 0.461 e. The van der Waals surface area contributed by atoms with Gasteiger partial charge in [-0.05, 0) is 31.2 Å². The van der Waals surface area contributed by atoms with Gasteiger partial charge in [-0.15, -0.1) is 0 Å². The van der Waals surface area contributed by atoms with Crippen LogP contribution in [0.1, 0.15) is 17.4 Å². The SMILES string of the molecule is CCOC(=O)c1ccc2c(N)cccc2n1. The van der Waals surface area contributed by atoms with Crippen molar-refractivity contribution in [2.45, 2.75) is 6.92 Å². The van der Waals surface area contributed by atoms with Crippen LogP contribution in [-0.4, -0.2) is 17.6 Å². The first-order chi connectivity index (χ1) is 7.72. The molecule has 0 fully saturated rings. The standard InChI is InChI=1S/C12H12N2O2/c1-2-16-12(15)11-7-6-8-9(13)4-3-5-10(8)14-11/h3-7H,2,13H2,1H3. The number of nitrogen functional groups attached to an aromatic ring is 1. The van der Waals surface area contributed by atoms with Crippen molar-refractivity contribution in [3.05, 3.63) is 36.0 Å².